The van der Waals surface area contributed by atoms with E-state index in [1.54, 1.807) is 0 Å². The molecule has 1 aliphatic rings. The molecule has 20 heavy (non-hydrogen) atoms. The van der Waals surface area contributed by atoms with Crippen molar-refractivity contribution >= 4 is 0 Å². The second-order valence-electron chi connectivity index (χ2n) is 6.65. The molecule has 1 aromatic heterocycles. The molecule has 0 saturated heterocycles. The fraction of sp³-hybridized carbons (Fsp3) is 0.722. The van der Waals surface area contributed by atoms with Gasteiger partial charge in [-0.15, -0.1) is 0 Å². The highest BCUT2D eigenvalue weighted by atomic mass is 14.9. The van der Waals surface area contributed by atoms with E-state index in [2.05, 4.69) is 37.1 Å². The first-order valence-corrected chi connectivity index (χ1v) is 8.33. The first-order chi connectivity index (χ1) is 9.70. The monoisotopic (exact) mass is 274 g/mol. The third kappa shape index (κ3) is 4.31. The summed E-state index contributed by atoms with van der Waals surface area (Å²) >= 11 is 0. The molecule has 0 aliphatic heterocycles. The largest absolute Gasteiger partial charge is 0.314 e. The molecular weight excluding hydrogens is 244 g/mol. The van der Waals surface area contributed by atoms with E-state index in [1.807, 2.05) is 18.5 Å². The maximum atomic E-state index is 4.25. The Morgan fingerprint density at radius 2 is 1.90 bits per heavy atom. The zero-order valence-electron chi connectivity index (χ0n) is 13.3. The summed E-state index contributed by atoms with van der Waals surface area (Å²) in [6.07, 6.45) is 10.6. The van der Waals surface area contributed by atoms with Gasteiger partial charge >= 0.3 is 0 Å². The molecule has 1 saturated carbocycles. The van der Waals surface area contributed by atoms with Crippen molar-refractivity contribution in [3.8, 4) is 0 Å². The summed E-state index contributed by atoms with van der Waals surface area (Å²) in [4.78, 5) is 4.25. The van der Waals surface area contributed by atoms with Crippen molar-refractivity contribution < 1.29 is 0 Å². The summed E-state index contributed by atoms with van der Waals surface area (Å²) in [5, 5.41) is 3.72. The van der Waals surface area contributed by atoms with Gasteiger partial charge in [0, 0.05) is 18.4 Å². The van der Waals surface area contributed by atoms with Crippen molar-refractivity contribution in [1.82, 2.24) is 10.3 Å². The van der Waals surface area contributed by atoms with Crippen molar-refractivity contribution in [2.45, 2.75) is 58.9 Å². The van der Waals surface area contributed by atoms with Crippen molar-refractivity contribution in [1.29, 1.82) is 0 Å². The van der Waals surface area contributed by atoms with Crippen LogP contribution in [0.4, 0.5) is 0 Å². The van der Waals surface area contributed by atoms with Crippen molar-refractivity contribution in [2.24, 2.45) is 17.8 Å². The van der Waals surface area contributed by atoms with E-state index in [4.69, 9.17) is 0 Å². The molecular formula is C18H30N2. The van der Waals surface area contributed by atoms with Crippen LogP contribution in [0.5, 0.6) is 0 Å². The van der Waals surface area contributed by atoms with E-state index in [-0.39, 0.29) is 0 Å². The topological polar surface area (TPSA) is 24.9 Å². The molecule has 1 atom stereocenters. The number of rotatable bonds is 6. The minimum atomic E-state index is 0.623. The summed E-state index contributed by atoms with van der Waals surface area (Å²) in [5.41, 5.74) is 1.37. The van der Waals surface area contributed by atoms with E-state index in [0.717, 1.165) is 30.7 Å². The van der Waals surface area contributed by atoms with Crippen LogP contribution >= 0.6 is 0 Å². The van der Waals surface area contributed by atoms with Crippen molar-refractivity contribution in [3.63, 3.8) is 0 Å². The Kier molecular flexibility index (Phi) is 6.03. The van der Waals surface area contributed by atoms with Gasteiger partial charge in [-0.25, -0.2) is 0 Å². The van der Waals surface area contributed by atoms with Gasteiger partial charge in [0.05, 0.1) is 0 Å². The normalized spacial score (nSPS) is 24.8. The number of nitrogens with zero attached hydrogens (tertiary/aromatic N) is 1. The lowest BCUT2D eigenvalue weighted by Crippen LogP contribution is -2.40. The van der Waals surface area contributed by atoms with Crippen LogP contribution in [-0.2, 0) is 6.42 Å². The molecule has 1 aromatic rings. The van der Waals surface area contributed by atoms with Gasteiger partial charge in [0.25, 0.3) is 0 Å². The van der Waals surface area contributed by atoms with E-state index >= 15 is 0 Å². The first-order valence-electron chi connectivity index (χ1n) is 8.33. The van der Waals surface area contributed by atoms with Gasteiger partial charge in [-0.05, 0) is 68.0 Å². The SMILES string of the molecule is CCNC(Cc1cccnc1)C1CCC(C(C)C)CC1. The van der Waals surface area contributed by atoms with Crippen LogP contribution in [0.25, 0.3) is 0 Å². The van der Waals surface area contributed by atoms with Crippen LogP contribution < -0.4 is 5.32 Å². The minimum Gasteiger partial charge on any atom is -0.314 e. The second-order valence-corrected chi connectivity index (χ2v) is 6.65. The Balaban J connectivity index is 1.92. The standard InChI is InChI=1S/C18H30N2/c1-4-20-18(12-15-6-5-11-19-13-15)17-9-7-16(8-10-17)14(2)3/h5-6,11,13-14,16-18,20H,4,7-10,12H2,1-3H3. The Labute approximate surface area is 124 Å². The number of pyridine rings is 1. The molecule has 1 N–H and O–H groups in total. The first kappa shape index (κ1) is 15.5. The third-order valence-corrected chi connectivity index (χ3v) is 4.97. The van der Waals surface area contributed by atoms with Crippen LogP contribution in [0.3, 0.4) is 0 Å². The molecule has 2 nitrogen and oxygen atoms in total. The van der Waals surface area contributed by atoms with Gasteiger partial charge in [0.15, 0.2) is 0 Å². The lowest BCUT2D eigenvalue weighted by molar-refractivity contribution is 0.188. The predicted octanol–water partition coefficient (Wildman–Crippen LogP) is 4.06. The van der Waals surface area contributed by atoms with Crippen molar-refractivity contribution in [3.05, 3.63) is 30.1 Å². The van der Waals surface area contributed by atoms with Crippen molar-refractivity contribution in [2.75, 3.05) is 6.54 Å². The number of nitrogens with one attached hydrogen (secondary N) is 1. The maximum Gasteiger partial charge on any atom is 0.0300 e. The summed E-state index contributed by atoms with van der Waals surface area (Å²) in [7, 11) is 0. The van der Waals surface area contributed by atoms with Gasteiger partial charge in [-0.3, -0.25) is 4.98 Å². The molecule has 0 aromatic carbocycles. The smallest absolute Gasteiger partial charge is 0.0300 e. The highest BCUT2D eigenvalue weighted by Crippen LogP contribution is 2.35. The Hall–Kier alpha value is -0.890. The van der Waals surface area contributed by atoms with Crippen LogP contribution in [0.2, 0.25) is 0 Å². The number of likely N-dealkylation sites (N-methyl/N-ethyl adjacent to an activating group) is 1. The second kappa shape index (κ2) is 7.78. The Morgan fingerprint density at radius 3 is 2.45 bits per heavy atom. The number of aromatic nitrogens is 1. The molecule has 0 radical (unpaired) electrons. The molecule has 1 unspecified atom stereocenters. The number of hydrogen-bond donors (Lipinski definition) is 1. The summed E-state index contributed by atoms with van der Waals surface area (Å²) in [5.74, 6) is 2.64. The van der Waals surface area contributed by atoms with E-state index in [9.17, 15) is 0 Å². The van der Waals surface area contributed by atoms with E-state index in [0.29, 0.717) is 6.04 Å². The zero-order chi connectivity index (χ0) is 14.4. The highest BCUT2D eigenvalue weighted by Gasteiger charge is 2.28. The van der Waals surface area contributed by atoms with Crippen LogP contribution in [0, 0.1) is 17.8 Å². The summed E-state index contributed by atoms with van der Waals surface area (Å²) in [6.45, 7) is 8.04. The predicted molar refractivity (Wildman–Crippen MR) is 85.7 cm³/mol. The molecule has 1 aliphatic carbocycles. The molecule has 0 bridgehead atoms. The van der Waals surface area contributed by atoms with E-state index < -0.39 is 0 Å². The average Bonchev–Trinajstić information content (AvgIpc) is 2.48. The molecule has 112 valence electrons. The molecule has 0 spiro atoms. The average molecular weight is 274 g/mol. The quantitative estimate of drug-likeness (QED) is 0.846. The molecule has 2 rings (SSSR count). The number of hydrogen-bond acceptors (Lipinski definition) is 2. The third-order valence-electron chi connectivity index (χ3n) is 4.97. The van der Waals surface area contributed by atoms with Gasteiger partial charge in [0.1, 0.15) is 0 Å². The highest BCUT2D eigenvalue weighted by molar-refractivity contribution is 5.10. The molecule has 2 heteroatoms. The van der Waals surface area contributed by atoms with Gasteiger partial charge in [0.2, 0.25) is 0 Å². The van der Waals surface area contributed by atoms with Crippen LogP contribution in [0.15, 0.2) is 24.5 Å². The maximum absolute atomic E-state index is 4.25. The lowest BCUT2D eigenvalue weighted by atomic mass is 9.73. The molecule has 1 heterocycles. The zero-order valence-corrected chi connectivity index (χ0v) is 13.3. The minimum absolute atomic E-state index is 0.623. The lowest BCUT2D eigenvalue weighted by Gasteiger charge is -2.36. The van der Waals surface area contributed by atoms with Gasteiger partial charge in [-0.1, -0.05) is 26.8 Å². The summed E-state index contributed by atoms with van der Waals surface area (Å²) in [6, 6.07) is 4.88. The fourth-order valence-electron chi connectivity index (χ4n) is 3.65. The van der Waals surface area contributed by atoms with Crippen LogP contribution in [-0.4, -0.2) is 17.6 Å². The Morgan fingerprint density at radius 1 is 1.20 bits per heavy atom. The summed E-state index contributed by atoms with van der Waals surface area (Å²) < 4.78 is 0. The van der Waals surface area contributed by atoms with Crippen LogP contribution in [0.1, 0.15) is 52.0 Å². The van der Waals surface area contributed by atoms with Gasteiger partial charge < -0.3 is 5.32 Å². The van der Waals surface area contributed by atoms with Gasteiger partial charge in [-0.2, -0.15) is 0 Å². The Bertz CT molecular complexity index is 366. The molecule has 0 amide bonds. The van der Waals surface area contributed by atoms with E-state index in [1.165, 1.54) is 31.2 Å². The molecule has 1 fully saturated rings. The fourth-order valence-corrected chi connectivity index (χ4v) is 3.65.